The Hall–Kier alpha value is -1.27. The standard InChI is InChI=1S/C14H8BrClF4O/c15-13(8-5-10(17)11(18)6-9(8)16)7-3-1-2-4-12(7)21-14(19)20/h1-6,13-14H. The monoisotopic (exact) mass is 382 g/mol. The van der Waals surface area contributed by atoms with Crippen LogP contribution >= 0.6 is 27.5 Å². The number of halogens is 6. The Morgan fingerprint density at radius 1 is 1.00 bits per heavy atom. The third-order valence-corrected chi connectivity index (χ3v) is 4.03. The molecule has 0 bridgehead atoms. The van der Waals surface area contributed by atoms with Crippen LogP contribution in [0.4, 0.5) is 17.6 Å². The summed E-state index contributed by atoms with van der Waals surface area (Å²) in [5.41, 5.74) is 0.534. The van der Waals surface area contributed by atoms with Crippen molar-refractivity contribution < 1.29 is 22.3 Å². The van der Waals surface area contributed by atoms with Gasteiger partial charge in [0.05, 0.1) is 4.83 Å². The molecule has 0 aromatic heterocycles. The molecule has 1 atom stereocenters. The molecule has 0 aliphatic carbocycles. The minimum atomic E-state index is -2.99. The van der Waals surface area contributed by atoms with Gasteiger partial charge in [-0.1, -0.05) is 45.7 Å². The lowest BCUT2D eigenvalue weighted by Gasteiger charge is -2.17. The van der Waals surface area contributed by atoms with Crippen molar-refractivity contribution in [3.8, 4) is 5.75 Å². The number of para-hydroxylation sites is 1. The SMILES string of the molecule is Fc1cc(Cl)c(C(Br)c2ccccc2OC(F)F)cc1F. The van der Waals surface area contributed by atoms with Gasteiger partial charge in [-0.25, -0.2) is 8.78 Å². The van der Waals surface area contributed by atoms with Crippen LogP contribution in [0.1, 0.15) is 16.0 Å². The fraction of sp³-hybridized carbons (Fsp3) is 0.143. The number of rotatable bonds is 4. The van der Waals surface area contributed by atoms with Crippen LogP contribution in [-0.4, -0.2) is 6.61 Å². The van der Waals surface area contributed by atoms with E-state index >= 15 is 0 Å². The lowest BCUT2D eigenvalue weighted by Crippen LogP contribution is -2.06. The van der Waals surface area contributed by atoms with Gasteiger partial charge in [0.15, 0.2) is 11.6 Å². The summed E-state index contributed by atoms with van der Waals surface area (Å²) in [6.07, 6.45) is 0. The van der Waals surface area contributed by atoms with Crippen LogP contribution < -0.4 is 4.74 Å². The molecule has 0 aliphatic rings. The number of ether oxygens (including phenoxy) is 1. The molecule has 2 rings (SSSR count). The Bertz CT molecular complexity index is 651. The second kappa shape index (κ2) is 6.66. The van der Waals surface area contributed by atoms with Gasteiger partial charge in [-0.2, -0.15) is 8.78 Å². The van der Waals surface area contributed by atoms with E-state index in [1.165, 1.54) is 18.2 Å². The molecule has 0 spiro atoms. The van der Waals surface area contributed by atoms with Crippen LogP contribution in [0.25, 0.3) is 0 Å². The molecule has 0 radical (unpaired) electrons. The third-order valence-electron chi connectivity index (χ3n) is 2.72. The Labute approximate surface area is 131 Å². The summed E-state index contributed by atoms with van der Waals surface area (Å²) >= 11 is 9.12. The highest BCUT2D eigenvalue weighted by Gasteiger charge is 2.21. The van der Waals surface area contributed by atoms with Gasteiger partial charge in [0.1, 0.15) is 5.75 Å². The molecule has 2 aromatic rings. The molecule has 1 unspecified atom stereocenters. The van der Waals surface area contributed by atoms with Crippen LogP contribution in [0.2, 0.25) is 5.02 Å². The zero-order valence-electron chi connectivity index (χ0n) is 10.3. The normalized spacial score (nSPS) is 12.5. The molecular formula is C14H8BrClF4O. The van der Waals surface area contributed by atoms with Crippen molar-refractivity contribution in [2.75, 3.05) is 0 Å². The Balaban J connectivity index is 2.45. The van der Waals surface area contributed by atoms with E-state index < -0.39 is 23.1 Å². The van der Waals surface area contributed by atoms with Crippen LogP contribution in [-0.2, 0) is 0 Å². The van der Waals surface area contributed by atoms with E-state index in [0.29, 0.717) is 5.56 Å². The van der Waals surface area contributed by atoms with E-state index in [9.17, 15) is 17.6 Å². The molecule has 0 amide bonds. The Kier molecular flexibility index (Phi) is 5.11. The molecule has 0 N–H and O–H groups in total. The van der Waals surface area contributed by atoms with Crippen molar-refractivity contribution in [1.29, 1.82) is 0 Å². The quantitative estimate of drug-likeness (QED) is 0.374. The summed E-state index contributed by atoms with van der Waals surface area (Å²) in [5.74, 6) is -2.23. The minimum Gasteiger partial charge on any atom is -0.434 e. The summed E-state index contributed by atoms with van der Waals surface area (Å²) in [6.45, 7) is -2.99. The maximum Gasteiger partial charge on any atom is 0.387 e. The third kappa shape index (κ3) is 3.68. The van der Waals surface area contributed by atoms with Crippen LogP contribution in [0, 0.1) is 11.6 Å². The smallest absolute Gasteiger partial charge is 0.387 e. The van der Waals surface area contributed by atoms with E-state index in [0.717, 1.165) is 12.1 Å². The Morgan fingerprint density at radius 3 is 2.29 bits per heavy atom. The predicted molar refractivity (Wildman–Crippen MR) is 75.2 cm³/mol. The van der Waals surface area contributed by atoms with Crippen molar-refractivity contribution in [2.24, 2.45) is 0 Å². The number of hydrogen-bond donors (Lipinski definition) is 0. The fourth-order valence-corrected chi connectivity index (χ4v) is 2.94. The molecule has 0 aliphatic heterocycles. The molecule has 7 heteroatoms. The van der Waals surface area contributed by atoms with Crippen molar-refractivity contribution >= 4 is 27.5 Å². The molecule has 0 fully saturated rings. The number of hydrogen-bond acceptors (Lipinski definition) is 1. The zero-order valence-corrected chi connectivity index (χ0v) is 12.6. The van der Waals surface area contributed by atoms with E-state index in [2.05, 4.69) is 20.7 Å². The summed E-state index contributed by atoms with van der Waals surface area (Å²) in [4.78, 5) is -0.727. The maximum absolute atomic E-state index is 13.3. The van der Waals surface area contributed by atoms with Gasteiger partial charge >= 0.3 is 6.61 Å². The number of benzene rings is 2. The molecule has 0 heterocycles. The molecule has 0 saturated heterocycles. The van der Waals surface area contributed by atoms with E-state index in [1.807, 2.05) is 0 Å². The van der Waals surface area contributed by atoms with E-state index in [4.69, 9.17) is 11.6 Å². The van der Waals surface area contributed by atoms with Gasteiger partial charge in [-0.15, -0.1) is 0 Å². The first-order valence-corrected chi connectivity index (χ1v) is 7.01. The predicted octanol–water partition coefficient (Wildman–Crippen LogP) is 5.70. The van der Waals surface area contributed by atoms with Gasteiger partial charge in [-0.3, -0.25) is 0 Å². The molecule has 1 nitrogen and oxygen atoms in total. The summed E-state index contributed by atoms with van der Waals surface area (Å²) in [7, 11) is 0. The largest absolute Gasteiger partial charge is 0.434 e. The van der Waals surface area contributed by atoms with E-state index in [-0.39, 0.29) is 16.3 Å². The highest BCUT2D eigenvalue weighted by molar-refractivity contribution is 9.09. The minimum absolute atomic E-state index is 0.0253. The van der Waals surface area contributed by atoms with Crippen LogP contribution in [0.5, 0.6) is 5.75 Å². The highest BCUT2D eigenvalue weighted by Crippen LogP contribution is 2.40. The van der Waals surface area contributed by atoms with Gasteiger partial charge in [-0.05, 0) is 23.8 Å². The lowest BCUT2D eigenvalue weighted by atomic mass is 10.0. The summed E-state index contributed by atoms with van der Waals surface area (Å²) < 4.78 is 55.6. The van der Waals surface area contributed by atoms with Crippen LogP contribution in [0.3, 0.4) is 0 Å². The first-order chi connectivity index (χ1) is 9.90. The summed E-state index contributed by atoms with van der Waals surface area (Å²) in [6, 6.07) is 7.75. The molecule has 112 valence electrons. The average molecular weight is 384 g/mol. The molecule has 2 aromatic carbocycles. The van der Waals surface area contributed by atoms with Gasteiger partial charge < -0.3 is 4.74 Å². The Morgan fingerprint density at radius 2 is 1.62 bits per heavy atom. The zero-order chi connectivity index (χ0) is 15.6. The van der Waals surface area contributed by atoms with Crippen molar-refractivity contribution in [3.05, 3.63) is 64.2 Å². The highest BCUT2D eigenvalue weighted by atomic mass is 79.9. The molecule has 21 heavy (non-hydrogen) atoms. The lowest BCUT2D eigenvalue weighted by molar-refractivity contribution is -0.0503. The number of alkyl halides is 3. The van der Waals surface area contributed by atoms with Crippen molar-refractivity contribution in [2.45, 2.75) is 11.4 Å². The first-order valence-electron chi connectivity index (χ1n) is 5.72. The second-order valence-electron chi connectivity index (χ2n) is 4.07. The maximum atomic E-state index is 13.3. The van der Waals surface area contributed by atoms with Crippen LogP contribution in [0.15, 0.2) is 36.4 Å². The van der Waals surface area contributed by atoms with E-state index in [1.54, 1.807) is 6.07 Å². The van der Waals surface area contributed by atoms with Gasteiger partial charge in [0.2, 0.25) is 0 Å². The molecular weight excluding hydrogens is 376 g/mol. The topological polar surface area (TPSA) is 9.23 Å². The fourth-order valence-electron chi connectivity index (χ4n) is 1.79. The van der Waals surface area contributed by atoms with Gasteiger partial charge in [0.25, 0.3) is 0 Å². The van der Waals surface area contributed by atoms with Gasteiger partial charge in [0, 0.05) is 10.6 Å². The van der Waals surface area contributed by atoms with Crippen molar-refractivity contribution in [3.63, 3.8) is 0 Å². The summed E-state index contributed by atoms with van der Waals surface area (Å²) in [5, 5.41) is -0.0253. The molecule has 0 saturated carbocycles. The van der Waals surface area contributed by atoms with Crippen molar-refractivity contribution in [1.82, 2.24) is 0 Å². The second-order valence-corrected chi connectivity index (χ2v) is 5.39. The first kappa shape index (κ1) is 16.1. The average Bonchev–Trinajstić information content (AvgIpc) is 2.42.